The second kappa shape index (κ2) is 12.8. The Morgan fingerprint density at radius 1 is 0.923 bits per heavy atom. The highest BCUT2D eigenvalue weighted by atomic mass is 16.6. The SMILES string of the molecule is C.C.C.C.CC(CC1C(C)C2CC(C(O)CC(=O)OC(C)(C)C)C1C2)C(=O)OC1(C)C2CC3CC(C2)CC1C3. The lowest BCUT2D eigenvalue weighted by Gasteiger charge is -2.59. The first kappa shape index (κ1) is 35.9. The summed E-state index contributed by atoms with van der Waals surface area (Å²) >= 11 is 0. The molecule has 0 aliphatic heterocycles. The summed E-state index contributed by atoms with van der Waals surface area (Å²) in [5.74, 6) is 4.39. The number of ether oxygens (including phenoxy) is 2. The van der Waals surface area contributed by atoms with Gasteiger partial charge < -0.3 is 14.6 Å². The van der Waals surface area contributed by atoms with E-state index in [0.29, 0.717) is 35.5 Å². The Morgan fingerprint density at radius 2 is 1.46 bits per heavy atom. The van der Waals surface area contributed by atoms with Gasteiger partial charge in [-0.3, -0.25) is 9.59 Å². The van der Waals surface area contributed by atoms with Gasteiger partial charge in [0.15, 0.2) is 0 Å². The fraction of sp³-hybridized carbons (Fsp3) is 0.941. The van der Waals surface area contributed by atoms with Gasteiger partial charge in [0.2, 0.25) is 0 Å². The molecule has 6 fully saturated rings. The van der Waals surface area contributed by atoms with Crippen LogP contribution < -0.4 is 0 Å². The van der Waals surface area contributed by atoms with Crippen LogP contribution in [-0.4, -0.2) is 34.4 Å². The van der Waals surface area contributed by atoms with Crippen molar-refractivity contribution in [2.75, 3.05) is 0 Å². The topological polar surface area (TPSA) is 72.8 Å². The van der Waals surface area contributed by atoms with Crippen LogP contribution >= 0.6 is 0 Å². The van der Waals surface area contributed by atoms with Gasteiger partial charge in [-0.15, -0.1) is 0 Å². The van der Waals surface area contributed by atoms with Gasteiger partial charge in [0.05, 0.1) is 18.4 Å². The van der Waals surface area contributed by atoms with Crippen LogP contribution in [0.4, 0.5) is 0 Å². The van der Waals surface area contributed by atoms with Crippen molar-refractivity contribution in [3.63, 3.8) is 0 Å². The molecule has 6 aliphatic carbocycles. The van der Waals surface area contributed by atoms with Gasteiger partial charge in [0.1, 0.15) is 11.2 Å². The molecule has 6 aliphatic rings. The zero-order valence-electron chi connectivity index (χ0n) is 22.8. The van der Waals surface area contributed by atoms with Gasteiger partial charge in [0.25, 0.3) is 0 Å². The largest absolute Gasteiger partial charge is 0.460 e. The maximum absolute atomic E-state index is 13.4. The van der Waals surface area contributed by atoms with Crippen molar-refractivity contribution in [2.24, 2.45) is 59.2 Å². The highest BCUT2D eigenvalue weighted by Gasteiger charge is 2.58. The number of hydrogen-bond donors (Lipinski definition) is 1. The van der Waals surface area contributed by atoms with E-state index < -0.39 is 11.7 Å². The number of hydrogen-bond acceptors (Lipinski definition) is 5. The summed E-state index contributed by atoms with van der Waals surface area (Å²) in [7, 11) is 0. The maximum Gasteiger partial charge on any atom is 0.309 e. The summed E-state index contributed by atoms with van der Waals surface area (Å²) in [6.07, 6.45) is 8.68. The Hall–Kier alpha value is -1.10. The number of aliphatic hydroxyl groups is 1. The summed E-state index contributed by atoms with van der Waals surface area (Å²) in [6.45, 7) is 12.2. The smallest absolute Gasteiger partial charge is 0.309 e. The zero-order valence-corrected chi connectivity index (χ0v) is 22.8. The Labute approximate surface area is 241 Å². The van der Waals surface area contributed by atoms with E-state index in [1.54, 1.807) is 0 Å². The molecule has 5 heteroatoms. The molecule has 0 aromatic heterocycles. The normalized spacial score (nSPS) is 40.7. The molecular weight excluding hydrogens is 488 g/mol. The quantitative estimate of drug-likeness (QED) is 0.322. The van der Waals surface area contributed by atoms with Gasteiger partial charge in [-0.05, 0) is 132 Å². The summed E-state index contributed by atoms with van der Waals surface area (Å²) in [4.78, 5) is 25.7. The van der Waals surface area contributed by atoms with E-state index in [-0.39, 0.29) is 65.5 Å². The first-order valence-electron chi connectivity index (χ1n) is 14.5. The van der Waals surface area contributed by atoms with Gasteiger partial charge in [0, 0.05) is 0 Å². The van der Waals surface area contributed by atoms with Crippen molar-refractivity contribution in [3.8, 4) is 0 Å². The van der Waals surface area contributed by atoms with Crippen LogP contribution in [0, 0.1) is 59.2 Å². The first-order chi connectivity index (χ1) is 16.3. The molecule has 7 atom stereocenters. The minimum Gasteiger partial charge on any atom is -0.460 e. The second-order valence-corrected chi connectivity index (χ2v) is 14.5. The van der Waals surface area contributed by atoms with Crippen molar-refractivity contribution < 1.29 is 24.2 Å². The molecule has 7 unspecified atom stereocenters. The summed E-state index contributed by atoms with van der Waals surface area (Å²) in [5.41, 5.74) is -0.808. The molecule has 1 N–H and O–H groups in total. The number of fused-ring (bicyclic) bond motifs is 2. The minimum absolute atomic E-state index is 0. The van der Waals surface area contributed by atoms with Crippen LogP contribution in [0.1, 0.15) is 129 Å². The van der Waals surface area contributed by atoms with Crippen molar-refractivity contribution in [1.82, 2.24) is 0 Å². The molecular formula is C34H64O5. The van der Waals surface area contributed by atoms with E-state index >= 15 is 0 Å². The molecule has 0 aromatic rings. The van der Waals surface area contributed by atoms with E-state index in [9.17, 15) is 14.7 Å². The minimum atomic E-state index is -0.663. The lowest BCUT2D eigenvalue weighted by atomic mass is 9.50. The first-order valence-corrected chi connectivity index (χ1v) is 14.5. The number of aliphatic hydroxyl groups excluding tert-OH is 1. The van der Waals surface area contributed by atoms with Crippen LogP contribution in [0.15, 0.2) is 0 Å². The molecule has 0 heterocycles. The number of carbonyl (C=O) groups is 2. The molecule has 0 amide bonds. The molecule has 0 aromatic carbocycles. The summed E-state index contributed by atoms with van der Waals surface area (Å²) < 4.78 is 11.9. The highest BCUT2D eigenvalue weighted by molar-refractivity contribution is 5.72. The summed E-state index contributed by atoms with van der Waals surface area (Å²) in [6, 6.07) is 0. The van der Waals surface area contributed by atoms with Crippen LogP contribution in [-0.2, 0) is 19.1 Å². The van der Waals surface area contributed by atoms with E-state index in [2.05, 4.69) is 13.8 Å². The number of rotatable bonds is 7. The van der Waals surface area contributed by atoms with Gasteiger partial charge in [-0.2, -0.15) is 0 Å². The molecule has 230 valence electrons. The molecule has 6 bridgehead atoms. The second-order valence-electron chi connectivity index (χ2n) is 14.5. The third-order valence-corrected chi connectivity index (χ3v) is 11.1. The Balaban J connectivity index is 0.00000190. The van der Waals surface area contributed by atoms with Crippen molar-refractivity contribution in [1.29, 1.82) is 0 Å². The van der Waals surface area contributed by atoms with Crippen molar-refractivity contribution >= 4 is 11.9 Å². The fourth-order valence-electron chi connectivity index (χ4n) is 9.45. The monoisotopic (exact) mass is 552 g/mol. The van der Waals surface area contributed by atoms with Gasteiger partial charge in [-0.1, -0.05) is 43.6 Å². The third-order valence-electron chi connectivity index (χ3n) is 11.1. The highest BCUT2D eigenvalue weighted by Crippen LogP contribution is 2.60. The van der Waals surface area contributed by atoms with Crippen molar-refractivity contribution in [2.45, 2.75) is 146 Å². The predicted octanol–water partition coefficient (Wildman–Crippen LogP) is 8.32. The lowest BCUT2D eigenvalue weighted by molar-refractivity contribution is -0.207. The Kier molecular flexibility index (Phi) is 11.8. The summed E-state index contributed by atoms with van der Waals surface area (Å²) in [5, 5.41) is 11.0. The van der Waals surface area contributed by atoms with Gasteiger partial charge >= 0.3 is 11.9 Å². The molecule has 0 radical (unpaired) electrons. The Bertz CT molecular complexity index is 800. The Morgan fingerprint density at radius 3 is 1.95 bits per heavy atom. The van der Waals surface area contributed by atoms with Crippen LogP contribution in [0.2, 0.25) is 0 Å². The average Bonchev–Trinajstić information content (AvgIpc) is 3.30. The molecule has 0 spiro atoms. The molecule has 5 nitrogen and oxygen atoms in total. The molecule has 6 saturated carbocycles. The van der Waals surface area contributed by atoms with E-state index in [1.807, 2.05) is 27.7 Å². The number of esters is 2. The lowest BCUT2D eigenvalue weighted by Crippen LogP contribution is -2.58. The number of carbonyl (C=O) groups excluding carboxylic acids is 2. The average molecular weight is 553 g/mol. The third kappa shape index (κ3) is 6.87. The standard InChI is InChI=1S/C30H48O5.4CH4/c1-16(28(33)35-30(6)21-9-18-8-19(11-21)12-22(30)10-18)7-23-17(2)20-13-24(23)25(14-20)26(31)15-27(32)34-29(3,4)5;;;;/h16-26,31H,7-15H2,1-6H3;4*1H4. The van der Waals surface area contributed by atoms with E-state index in [4.69, 9.17) is 9.47 Å². The van der Waals surface area contributed by atoms with E-state index in [0.717, 1.165) is 31.1 Å². The zero-order chi connectivity index (χ0) is 25.3. The van der Waals surface area contributed by atoms with Crippen LogP contribution in [0.5, 0.6) is 0 Å². The van der Waals surface area contributed by atoms with Crippen LogP contribution in [0.25, 0.3) is 0 Å². The molecule has 0 saturated heterocycles. The van der Waals surface area contributed by atoms with E-state index in [1.165, 1.54) is 32.1 Å². The van der Waals surface area contributed by atoms with Gasteiger partial charge in [-0.25, -0.2) is 0 Å². The molecule has 39 heavy (non-hydrogen) atoms. The fourth-order valence-corrected chi connectivity index (χ4v) is 9.45. The van der Waals surface area contributed by atoms with Crippen LogP contribution in [0.3, 0.4) is 0 Å². The predicted molar refractivity (Wildman–Crippen MR) is 161 cm³/mol. The van der Waals surface area contributed by atoms with Crippen molar-refractivity contribution in [3.05, 3.63) is 0 Å². The maximum atomic E-state index is 13.4. The molecule has 6 rings (SSSR count).